The van der Waals surface area contributed by atoms with E-state index < -0.39 is 12.0 Å². The molecule has 1 aliphatic rings. The van der Waals surface area contributed by atoms with E-state index in [0.29, 0.717) is 25.3 Å². The summed E-state index contributed by atoms with van der Waals surface area (Å²) in [6.45, 7) is 4.61. The summed E-state index contributed by atoms with van der Waals surface area (Å²) in [4.78, 5) is 23.5. The van der Waals surface area contributed by atoms with Gasteiger partial charge in [-0.1, -0.05) is 13.8 Å². The van der Waals surface area contributed by atoms with Gasteiger partial charge in [0.2, 0.25) is 5.91 Å². The molecular weight excluding hydrogens is 234 g/mol. The van der Waals surface area contributed by atoms with Crippen molar-refractivity contribution in [3.05, 3.63) is 0 Å². The third kappa shape index (κ3) is 4.27. The van der Waals surface area contributed by atoms with Gasteiger partial charge in [-0.2, -0.15) is 0 Å². The number of amides is 1. The van der Waals surface area contributed by atoms with Crippen LogP contribution in [0.25, 0.3) is 0 Å². The van der Waals surface area contributed by atoms with Gasteiger partial charge < -0.3 is 21.1 Å². The number of rotatable bonds is 5. The molecule has 1 amide bonds. The first-order chi connectivity index (χ1) is 8.43. The third-order valence-electron chi connectivity index (χ3n) is 2.99. The van der Waals surface area contributed by atoms with Gasteiger partial charge in [0.1, 0.15) is 6.04 Å². The molecule has 0 aromatic carbocycles. The van der Waals surface area contributed by atoms with Gasteiger partial charge >= 0.3 is 5.97 Å². The van der Waals surface area contributed by atoms with E-state index in [-0.39, 0.29) is 18.0 Å². The number of hydrogen-bond donors (Lipinski definition) is 3. The van der Waals surface area contributed by atoms with Crippen molar-refractivity contribution in [1.82, 2.24) is 10.6 Å². The molecule has 0 aromatic rings. The standard InChI is InChI=1S/C12H23N3O3/c1-7(2)4-10(12(17)18-3)15-11(16)9-5-8(13)6-14-9/h7-10,14H,4-6,13H2,1-3H3,(H,15,16)/t8-,9-,10-/m0/s1. The molecule has 0 bridgehead atoms. The summed E-state index contributed by atoms with van der Waals surface area (Å²) < 4.78 is 4.70. The van der Waals surface area contributed by atoms with Crippen LogP contribution in [-0.2, 0) is 14.3 Å². The lowest BCUT2D eigenvalue weighted by Crippen LogP contribution is -2.49. The molecule has 104 valence electrons. The predicted octanol–water partition coefficient (Wildman–Crippen LogP) is -0.620. The number of nitrogens with one attached hydrogen (secondary N) is 2. The molecule has 0 aliphatic carbocycles. The van der Waals surface area contributed by atoms with Crippen molar-refractivity contribution in [2.24, 2.45) is 11.7 Å². The Bertz CT molecular complexity index is 307. The second-order valence-corrected chi connectivity index (χ2v) is 5.17. The van der Waals surface area contributed by atoms with E-state index >= 15 is 0 Å². The average Bonchev–Trinajstić information content (AvgIpc) is 2.73. The summed E-state index contributed by atoms with van der Waals surface area (Å²) in [5.74, 6) is -0.286. The lowest BCUT2D eigenvalue weighted by molar-refractivity contribution is -0.145. The lowest BCUT2D eigenvalue weighted by Gasteiger charge is -2.20. The van der Waals surface area contributed by atoms with Crippen LogP contribution >= 0.6 is 0 Å². The first kappa shape index (κ1) is 14.9. The van der Waals surface area contributed by atoms with E-state index in [4.69, 9.17) is 10.5 Å². The van der Waals surface area contributed by atoms with Crippen molar-refractivity contribution in [1.29, 1.82) is 0 Å². The molecule has 1 saturated heterocycles. The van der Waals surface area contributed by atoms with Crippen molar-refractivity contribution >= 4 is 11.9 Å². The molecule has 6 heteroatoms. The molecule has 1 fully saturated rings. The molecule has 0 spiro atoms. The van der Waals surface area contributed by atoms with E-state index in [1.54, 1.807) is 0 Å². The molecule has 1 aliphatic heterocycles. The molecule has 0 radical (unpaired) electrons. The number of esters is 1. The van der Waals surface area contributed by atoms with Crippen LogP contribution in [0.4, 0.5) is 0 Å². The minimum absolute atomic E-state index is 0.00225. The second-order valence-electron chi connectivity index (χ2n) is 5.17. The molecule has 0 aromatic heterocycles. The van der Waals surface area contributed by atoms with Crippen LogP contribution < -0.4 is 16.4 Å². The number of carbonyl (C=O) groups excluding carboxylic acids is 2. The highest BCUT2D eigenvalue weighted by Gasteiger charge is 2.30. The highest BCUT2D eigenvalue weighted by atomic mass is 16.5. The number of carbonyl (C=O) groups is 2. The van der Waals surface area contributed by atoms with E-state index in [2.05, 4.69) is 10.6 Å². The average molecular weight is 257 g/mol. The maximum absolute atomic E-state index is 12.0. The van der Waals surface area contributed by atoms with Crippen molar-refractivity contribution in [2.45, 2.75) is 44.8 Å². The fourth-order valence-electron chi connectivity index (χ4n) is 2.06. The summed E-state index contributed by atoms with van der Waals surface area (Å²) in [5.41, 5.74) is 5.73. The minimum atomic E-state index is -0.582. The zero-order valence-corrected chi connectivity index (χ0v) is 11.2. The summed E-state index contributed by atoms with van der Waals surface area (Å²) in [7, 11) is 1.32. The topological polar surface area (TPSA) is 93.5 Å². The summed E-state index contributed by atoms with van der Waals surface area (Å²) in [6, 6.07) is -0.886. The molecule has 6 nitrogen and oxygen atoms in total. The maximum atomic E-state index is 12.0. The number of ether oxygens (including phenoxy) is 1. The number of nitrogens with two attached hydrogens (primary N) is 1. The van der Waals surface area contributed by atoms with Crippen LogP contribution in [-0.4, -0.2) is 43.7 Å². The van der Waals surface area contributed by atoms with E-state index in [0.717, 1.165) is 0 Å². The fraction of sp³-hybridized carbons (Fsp3) is 0.833. The molecule has 1 heterocycles. The van der Waals surface area contributed by atoms with Crippen molar-refractivity contribution in [3.63, 3.8) is 0 Å². The predicted molar refractivity (Wildman–Crippen MR) is 67.8 cm³/mol. The maximum Gasteiger partial charge on any atom is 0.328 e. The molecule has 18 heavy (non-hydrogen) atoms. The Hall–Kier alpha value is -1.14. The first-order valence-corrected chi connectivity index (χ1v) is 6.31. The summed E-state index contributed by atoms with van der Waals surface area (Å²) >= 11 is 0. The summed E-state index contributed by atoms with van der Waals surface area (Å²) in [5, 5.41) is 5.76. The van der Waals surface area contributed by atoms with Crippen molar-refractivity contribution in [2.75, 3.05) is 13.7 Å². The molecule has 1 rings (SSSR count). The molecule has 3 atom stereocenters. The van der Waals surface area contributed by atoms with Crippen molar-refractivity contribution in [3.8, 4) is 0 Å². The Morgan fingerprint density at radius 1 is 1.50 bits per heavy atom. The van der Waals surface area contributed by atoms with Gasteiger partial charge in [0.15, 0.2) is 0 Å². The first-order valence-electron chi connectivity index (χ1n) is 6.31. The monoisotopic (exact) mass is 257 g/mol. The zero-order valence-electron chi connectivity index (χ0n) is 11.2. The van der Waals surface area contributed by atoms with Gasteiger partial charge in [0.25, 0.3) is 0 Å². The Kier molecular flexibility index (Phi) is 5.55. The molecule has 0 unspecified atom stereocenters. The van der Waals surface area contributed by atoms with E-state index in [1.807, 2.05) is 13.8 Å². The van der Waals surface area contributed by atoms with Crippen LogP contribution in [0.3, 0.4) is 0 Å². The van der Waals surface area contributed by atoms with E-state index in [1.165, 1.54) is 7.11 Å². The quantitative estimate of drug-likeness (QED) is 0.571. The van der Waals surface area contributed by atoms with Crippen LogP contribution in [0, 0.1) is 5.92 Å². The smallest absolute Gasteiger partial charge is 0.328 e. The molecule has 0 saturated carbocycles. The number of methoxy groups -OCH3 is 1. The normalized spacial score (nSPS) is 24.9. The molecule has 4 N–H and O–H groups in total. The van der Waals surface area contributed by atoms with Gasteiger partial charge in [-0.15, -0.1) is 0 Å². The van der Waals surface area contributed by atoms with E-state index in [9.17, 15) is 9.59 Å². The Balaban J connectivity index is 2.54. The molecular formula is C12H23N3O3. The van der Waals surface area contributed by atoms with Gasteiger partial charge in [-0.05, 0) is 18.8 Å². The van der Waals surface area contributed by atoms with Crippen LogP contribution in [0.15, 0.2) is 0 Å². The Morgan fingerprint density at radius 3 is 2.61 bits per heavy atom. The number of hydrogen-bond acceptors (Lipinski definition) is 5. The van der Waals surface area contributed by atoms with Gasteiger partial charge in [0.05, 0.1) is 13.2 Å². The minimum Gasteiger partial charge on any atom is -0.467 e. The Labute approximate surface area is 108 Å². The highest BCUT2D eigenvalue weighted by molar-refractivity contribution is 5.87. The van der Waals surface area contributed by atoms with Crippen LogP contribution in [0.1, 0.15) is 26.7 Å². The van der Waals surface area contributed by atoms with Gasteiger partial charge in [0, 0.05) is 12.6 Å². The third-order valence-corrected chi connectivity index (χ3v) is 2.99. The zero-order chi connectivity index (χ0) is 13.7. The van der Waals surface area contributed by atoms with Gasteiger partial charge in [-0.25, -0.2) is 4.79 Å². The highest BCUT2D eigenvalue weighted by Crippen LogP contribution is 2.09. The van der Waals surface area contributed by atoms with Crippen molar-refractivity contribution < 1.29 is 14.3 Å². The summed E-state index contributed by atoms with van der Waals surface area (Å²) in [6.07, 6.45) is 1.17. The second kappa shape index (κ2) is 6.70. The Morgan fingerprint density at radius 2 is 2.17 bits per heavy atom. The largest absolute Gasteiger partial charge is 0.467 e. The van der Waals surface area contributed by atoms with Crippen LogP contribution in [0.5, 0.6) is 0 Å². The van der Waals surface area contributed by atoms with Gasteiger partial charge in [-0.3, -0.25) is 4.79 Å². The lowest BCUT2D eigenvalue weighted by atomic mass is 10.0. The SMILES string of the molecule is COC(=O)[C@H](CC(C)C)NC(=O)[C@@H]1C[C@H](N)CN1. The fourth-order valence-corrected chi connectivity index (χ4v) is 2.06. The van der Waals surface area contributed by atoms with Crippen LogP contribution in [0.2, 0.25) is 0 Å².